The van der Waals surface area contributed by atoms with Gasteiger partial charge in [0, 0.05) is 6.04 Å². The molecule has 1 atom stereocenters. The quantitative estimate of drug-likeness (QED) is 0.943. The molecule has 22 heavy (non-hydrogen) atoms. The lowest BCUT2D eigenvalue weighted by Crippen LogP contribution is -2.35. The van der Waals surface area contributed by atoms with Crippen LogP contribution in [0.4, 0.5) is 0 Å². The molecule has 0 bridgehead atoms. The van der Waals surface area contributed by atoms with E-state index in [9.17, 15) is 4.79 Å². The zero-order valence-electron chi connectivity index (χ0n) is 12.5. The summed E-state index contributed by atoms with van der Waals surface area (Å²) < 4.78 is 5.34. The van der Waals surface area contributed by atoms with Crippen LogP contribution in [0.5, 0.6) is 0 Å². The highest BCUT2D eigenvalue weighted by Crippen LogP contribution is 2.42. The maximum Gasteiger partial charge on any atom is 0.257 e. The third-order valence-electron chi connectivity index (χ3n) is 4.71. The van der Waals surface area contributed by atoms with Gasteiger partial charge in [0.2, 0.25) is 0 Å². The third-order valence-corrected chi connectivity index (χ3v) is 4.71. The molecule has 2 aliphatic rings. The molecule has 1 amide bonds. The first kappa shape index (κ1) is 13.6. The van der Waals surface area contributed by atoms with Gasteiger partial charge in [0.15, 0.2) is 0 Å². The van der Waals surface area contributed by atoms with Gasteiger partial charge in [-0.1, -0.05) is 24.3 Å². The Hall–Kier alpha value is -2.07. The van der Waals surface area contributed by atoms with Crippen LogP contribution in [0.1, 0.15) is 52.5 Å². The smallest absolute Gasteiger partial charge is 0.257 e. The number of benzene rings is 1. The van der Waals surface area contributed by atoms with Gasteiger partial charge in [0.25, 0.3) is 5.91 Å². The molecule has 1 aromatic heterocycles. The second-order valence-corrected chi connectivity index (χ2v) is 6.20. The molecule has 2 N–H and O–H groups in total. The van der Waals surface area contributed by atoms with Crippen LogP contribution < -0.4 is 5.73 Å². The second kappa shape index (κ2) is 5.29. The number of fused-ring (bicyclic) bond motifs is 1. The summed E-state index contributed by atoms with van der Waals surface area (Å²) in [7, 11) is 0. The van der Waals surface area contributed by atoms with E-state index in [0.29, 0.717) is 23.9 Å². The van der Waals surface area contributed by atoms with Gasteiger partial charge in [-0.3, -0.25) is 4.79 Å². The first-order valence-electron chi connectivity index (χ1n) is 7.96. The lowest BCUT2D eigenvalue weighted by molar-refractivity contribution is 0.0657. The monoisotopic (exact) mass is 296 g/mol. The van der Waals surface area contributed by atoms with Gasteiger partial charge in [0.1, 0.15) is 12.0 Å². The van der Waals surface area contributed by atoms with Crippen molar-refractivity contribution < 1.29 is 9.21 Å². The van der Waals surface area contributed by atoms with E-state index in [1.807, 2.05) is 0 Å². The molecule has 1 heterocycles. The van der Waals surface area contributed by atoms with E-state index in [-0.39, 0.29) is 11.9 Å². The molecule has 1 aromatic carbocycles. The Bertz CT molecular complexity index is 703. The summed E-state index contributed by atoms with van der Waals surface area (Å²) >= 11 is 0. The van der Waals surface area contributed by atoms with Crippen LogP contribution >= 0.6 is 0 Å². The summed E-state index contributed by atoms with van der Waals surface area (Å²) in [6, 6.07) is 10.8. The van der Waals surface area contributed by atoms with Crippen molar-refractivity contribution in [3.05, 3.63) is 59.0 Å². The summed E-state index contributed by atoms with van der Waals surface area (Å²) in [5, 5.41) is 0. The van der Waals surface area contributed by atoms with Crippen LogP contribution in [0.15, 0.2) is 41.0 Å². The summed E-state index contributed by atoms with van der Waals surface area (Å²) in [6.07, 6.45) is 5.82. The van der Waals surface area contributed by atoms with Gasteiger partial charge in [-0.2, -0.15) is 0 Å². The molecular weight excluding hydrogens is 276 g/mol. The number of nitrogens with two attached hydrogens (primary N) is 1. The van der Waals surface area contributed by atoms with Gasteiger partial charge < -0.3 is 15.1 Å². The molecular formula is C18H20N2O2. The van der Waals surface area contributed by atoms with Crippen LogP contribution in [0.3, 0.4) is 0 Å². The van der Waals surface area contributed by atoms with Crippen LogP contribution in [0, 0.1) is 0 Å². The number of carbonyl (C=O) groups excluding carboxylic acids is 1. The summed E-state index contributed by atoms with van der Waals surface area (Å²) in [5.74, 6) is 0.735. The lowest BCUT2D eigenvalue weighted by atomic mass is 10.1. The molecule has 0 aliphatic heterocycles. The van der Waals surface area contributed by atoms with E-state index in [1.54, 1.807) is 12.3 Å². The molecule has 1 saturated carbocycles. The Morgan fingerprint density at radius 1 is 1.27 bits per heavy atom. The Balaban J connectivity index is 1.66. The number of aryl methyl sites for hydroxylation is 1. The number of amides is 1. The number of rotatable bonds is 4. The van der Waals surface area contributed by atoms with Gasteiger partial charge >= 0.3 is 0 Å². The number of carbonyl (C=O) groups is 1. The van der Waals surface area contributed by atoms with Gasteiger partial charge in [-0.15, -0.1) is 0 Å². The van der Waals surface area contributed by atoms with Gasteiger partial charge in [0.05, 0.1) is 18.2 Å². The Labute approximate surface area is 129 Å². The fourth-order valence-corrected chi connectivity index (χ4v) is 3.49. The topological polar surface area (TPSA) is 59.5 Å². The van der Waals surface area contributed by atoms with Crippen molar-refractivity contribution in [3.8, 4) is 0 Å². The van der Waals surface area contributed by atoms with E-state index >= 15 is 0 Å². The summed E-state index contributed by atoms with van der Waals surface area (Å²) in [6.45, 7) is 0.322. The predicted octanol–water partition coefficient (Wildman–Crippen LogP) is 3.03. The normalized spacial score (nSPS) is 20.0. The van der Waals surface area contributed by atoms with Crippen molar-refractivity contribution in [2.24, 2.45) is 5.73 Å². The number of hydrogen-bond donors (Lipinski definition) is 1. The zero-order chi connectivity index (χ0) is 15.1. The Morgan fingerprint density at radius 3 is 2.82 bits per heavy atom. The second-order valence-electron chi connectivity index (χ2n) is 6.20. The SMILES string of the molecule is NCc1cc(C(=O)N(C2CC2)C2CCc3ccccc32)co1. The maximum atomic E-state index is 13.0. The summed E-state index contributed by atoms with van der Waals surface area (Å²) in [4.78, 5) is 15.1. The van der Waals surface area contributed by atoms with Crippen LogP contribution in [-0.4, -0.2) is 16.8 Å². The predicted molar refractivity (Wildman–Crippen MR) is 83.3 cm³/mol. The molecule has 0 saturated heterocycles. The molecule has 0 spiro atoms. The zero-order valence-corrected chi connectivity index (χ0v) is 12.5. The van der Waals surface area contributed by atoms with Crippen LogP contribution in [-0.2, 0) is 13.0 Å². The van der Waals surface area contributed by atoms with E-state index in [0.717, 1.165) is 25.7 Å². The number of furan rings is 1. The molecule has 1 fully saturated rings. The van der Waals surface area contributed by atoms with E-state index in [1.165, 1.54) is 11.1 Å². The minimum atomic E-state index is 0.0765. The Kier molecular flexibility index (Phi) is 3.26. The first-order valence-corrected chi connectivity index (χ1v) is 7.96. The molecule has 4 heteroatoms. The fourth-order valence-electron chi connectivity index (χ4n) is 3.49. The Morgan fingerprint density at radius 2 is 2.09 bits per heavy atom. The summed E-state index contributed by atoms with van der Waals surface area (Å²) in [5.41, 5.74) is 8.89. The fraction of sp³-hybridized carbons (Fsp3) is 0.389. The average Bonchev–Trinajstić information content (AvgIpc) is 3.11. The first-order chi connectivity index (χ1) is 10.8. The highest BCUT2D eigenvalue weighted by molar-refractivity contribution is 5.94. The largest absolute Gasteiger partial charge is 0.467 e. The molecule has 0 radical (unpaired) electrons. The van der Waals surface area contributed by atoms with Crippen molar-refractivity contribution in [1.82, 2.24) is 4.90 Å². The van der Waals surface area contributed by atoms with Crippen molar-refractivity contribution in [3.63, 3.8) is 0 Å². The van der Waals surface area contributed by atoms with Gasteiger partial charge in [-0.25, -0.2) is 0 Å². The van der Waals surface area contributed by atoms with Crippen molar-refractivity contribution in [2.75, 3.05) is 0 Å². The van der Waals surface area contributed by atoms with E-state index in [4.69, 9.17) is 10.2 Å². The lowest BCUT2D eigenvalue weighted by Gasteiger charge is -2.29. The van der Waals surface area contributed by atoms with Crippen molar-refractivity contribution in [2.45, 2.75) is 44.3 Å². The van der Waals surface area contributed by atoms with Crippen LogP contribution in [0.25, 0.3) is 0 Å². The highest BCUT2D eigenvalue weighted by Gasteiger charge is 2.40. The number of hydrogen-bond acceptors (Lipinski definition) is 3. The molecule has 114 valence electrons. The third kappa shape index (κ3) is 2.24. The number of nitrogens with zero attached hydrogens (tertiary/aromatic N) is 1. The van der Waals surface area contributed by atoms with Crippen LogP contribution in [0.2, 0.25) is 0 Å². The molecule has 1 unspecified atom stereocenters. The minimum absolute atomic E-state index is 0.0765. The van der Waals surface area contributed by atoms with Gasteiger partial charge in [-0.05, 0) is 42.9 Å². The van der Waals surface area contributed by atoms with E-state index < -0.39 is 0 Å². The maximum absolute atomic E-state index is 13.0. The molecule has 2 aromatic rings. The molecule has 2 aliphatic carbocycles. The van der Waals surface area contributed by atoms with Crippen molar-refractivity contribution >= 4 is 5.91 Å². The molecule has 4 rings (SSSR count). The average molecular weight is 296 g/mol. The van der Waals surface area contributed by atoms with Crippen molar-refractivity contribution in [1.29, 1.82) is 0 Å². The highest BCUT2D eigenvalue weighted by atomic mass is 16.3. The van der Waals surface area contributed by atoms with E-state index in [2.05, 4.69) is 29.2 Å². The minimum Gasteiger partial charge on any atom is -0.467 e. The molecule has 4 nitrogen and oxygen atoms in total. The standard InChI is InChI=1S/C18H20N2O2/c19-10-15-9-13(11-22-15)18(21)20(14-6-7-14)17-8-5-12-3-1-2-4-16(12)17/h1-4,9,11,14,17H,5-8,10,19H2.